The zero-order valence-electron chi connectivity index (χ0n) is 9.79. The summed E-state index contributed by atoms with van der Waals surface area (Å²) < 4.78 is 48.8. The van der Waals surface area contributed by atoms with Crippen molar-refractivity contribution in [2.75, 3.05) is 0 Å². The second-order valence-corrected chi connectivity index (χ2v) is 7.16. The number of nitrogens with two attached hydrogens (primary N) is 1. The highest BCUT2D eigenvalue weighted by Gasteiger charge is 2.61. The Hall–Kier alpha value is -0.270. The molecule has 0 saturated heterocycles. The Morgan fingerprint density at radius 1 is 1.19 bits per heavy atom. The Bertz CT molecular complexity index is 363. The van der Waals surface area contributed by atoms with Crippen LogP contribution >= 0.6 is 0 Å². The van der Waals surface area contributed by atoms with Crippen LogP contribution in [-0.2, 0) is 10.0 Å². The van der Waals surface area contributed by atoms with Crippen molar-refractivity contribution in [1.82, 2.24) is 4.72 Å². The van der Waals surface area contributed by atoms with Gasteiger partial charge in [-0.1, -0.05) is 27.7 Å². The van der Waals surface area contributed by atoms with Crippen LogP contribution in [0.4, 0.5) is 8.78 Å². The Labute approximate surface area is 94.6 Å². The van der Waals surface area contributed by atoms with Crippen molar-refractivity contribution in [1.29, 1.82) is 0 Å². The zero-order chi connectivity index (χ0) is 12.9. The molecule has 0 aromatic rings. The molecule has 0 aromatic heterocycles. The highest BCUT2D eigenvalue weighted by molar-refractivity contribution is 7.89. The molecule has 4 nitrogen and oxygen atoms in total. The molecule has 0 bridgehead atoms. The minimum absolute atomic E-state index is 0.231. The van der Waals surface area contributed by atoms with Gasteiger partial charge in [-0.15, -0.1) is 0 Å². The SMILES string of the molecule is CC1(C)C(N)C(C)(C)C1NS(=O)(=O)C(F)F. The number of hydrogen-bond donors (Lipinski definition) is 2. The van der Waals surface area contributed by atoms with E-state index in [1.54, 1.807) is 27.7 Å². The van der Waals surface area contributed by atoms with Gasteiger partial charge in [0.1, 0.15) is 0 Å². The molecule has 16 heavy (non-hydrogen) atoms. The molecular formula is C9H18F2N2O2S. The van der Waals surface area contributed by atoms with Crippen LogP contribution in [0.25, 0.3) is 0 Å². The minimum atomic E-state index is -4.56. The quantitative estimate of drug-likeness (QED) is 0.787. The Morgan fingerprint density at radius 3 is 1.88 bits per heavy atom. The van der Waals surface area contributed by atoms with Gasteiger partial charge in [0.15, 0.2) is 0 Å². The molecular weight excluding hydrogens is 238 g/mol. The topological polar surface area (TPSA) is 72.2 Å². The standard InChI is InChI=1S/C9H18F2N2O2S/c1-8(2)5(12)9(3,4)6(8)13-16(14,15)7(10)11/h5-7,13H,12H2,1-4H3. The molecule has 0 atom stereocenters. The average Bonchev–Trinajstić information content (AvgIpc) is 2.12. The van der Waals surface area contributed by atoms with E-state index < -0.39 is 32.7 Å². The second kappa shape index (κ2) is 3.61. The van der Waals surface area contributed by atoms with Gasteiger partial charge in [0.2, 0.25) is 0 Å². The lowest BCUT2D eigenvalue weighted by Crippen LogP contribution is -2.76. The summed E-state index contributed by atoms with van der Waals surface area (Å²) in [5, 5.41) is 0. The van der Waals surface area contributed by atoms with Gasteiger partial charge in [0, 0.05) is 12.1 Å². The number of sulfonamides is 1. The summed E-state index contributed by atoms with van der Waals surface area (Å²) >= 11 is 0. The van der Waals surface area contributed by atoms with Gasteiger partial charge in [-0.2, -0.15) is 8.78 Å². The van der Waals surface area contributed by atoms with Crippen LogP contribution in [0.2, 0.25) is 0 Å². The molecule has 0 aliphatic heterocycles. The summed E-state index contributed by atoms with van der Waals surface area (Å²) in [6, 6.07) is -0.806. The van der Waals surface area contributed by atoms with Crippen LogP contribution in [0.3, 0.4) is 0 Å². The fourth-order valence-electron chi connectivity index (χ4n) is 2.70. The maximum Gasteiger partial charge on any atom is 0.350 e. The third kappa shape index (κ3) is 1.84. The van der Waals surface area contributed by atoms with E-state index in [0.717, 1.165) is 0 Å². The minimum Gasteiger partial charge on any atom is -0.327 e. The fraction of sp³-hybridized carbons (Fsp3) is 1.00. The lowest BCUT2D eigenvalue weighted by atomic mass is 9.49. The van der Waals surface area contributed by atoms with Crippen LogP contribution in [0.1, 0.15) is 27.7 Å². The van der Waals surface area contributed by atoms with Crippen LogP contribution in [0.15, 0.2) is 0 Å². The second-order valence-electron chi connectivity index (χ2n) is 5.48. The van der Waals surface area contributed by atoms with Gasteiger partial charge >= 0.3 is 5.76 Å². The van der Waals surface area contributed by atoms with E-state index in [4.69, 9.17) is 5.73 Å². The number of alkyl halides is 2. The molecule has 0 aromatic carbocycles. The first-order chi connectivity index (χ1) is 6.94. The van der Waals surface area contributed by atoms with E-state index in [1.807, 2.05) is 4.72 Å². The van der Waals surface area contributed by atoms with E-state index in [-0.39, 0.29) is 6.04 Å². The van der Waals surface area contributed by atoms with Crippen LogP contribution in [-0.4, -0.2) is 26.3 Å². The predicted octanol–water partition coefficient (Wildman–Crippen LogP) is 0.890. The summed E-state index contributed by atoms with van der Waals surface area (Å²) in [5.74, 6) is -3.41. The first-order valence-electron chi connectivity index (χ1n) is 4.99. The van der Waals surface area contributed by atoms with E-state index in [1.165, 1.54) is 0 Å². The maximum absolute atomic E-state index is 12.3. The number of hydrogen-bond acceptors (Lipinski definition) is 3. The summed E-state index contributed by atoms with van der Waals surface area (Å²) in [4.78, 5) is 0. The number of halogens is 2. The highest BCUT2D eigenvalue weighted by atomic mass is 32.2. The van der Waals surface area contributed by atoms with Crippen molar-refractivity contribution >= 4 is 10.0 Å². The first kappa shape index (κ1) is 13.8. The Balaban J connectivity index is 2.92. The van der Waals surface area contributed by atoms with E-state index in [2.05, 4.69) is 0 Å². The van der Waals surface area contributed by atoms with E-state index in [9.17, 15) is 17.2 Å². The fourth-order valence-corrected chi connectivity index (χ4v) is 3.74. The van der Waals surface area contributed by atoms with E-state index >= 15 is 0 Å². The van der Waals surface area contributed by atoms with Gasteiger partial charge in [0.25, 0.3) is 10.0 Å². The zero-order valence-corrected chi connectivity index (χ0v) is 10.6. The van der Waals surface area contributed by atoms with Crippen LogP contribution in [0, 0.1) is 10.8 Å². The van der Waals surface area contributed by atoms with Crippen LogP contribution < -0.4 is 10.5 Å². The number of nitrogens with one attached hydrogen (secondary N) is 1. The third-order valence-electron chi connectivity index (χ3n) is 3.61. The molecule has 0 spiro atoms. The smallest absolute Gasteiger partial charge is 0.327 e. The molecule has 1 fully saturated rings. The maximum atomic E-state index is 12.3. The van der Waals surface area contributed by atoms with Crippen molar-refractivity contribution in [3.05, 3.63) is 0 Å². The van der Waals surface area contributed by atoms with Gasteiger partial charge in [-0.25, -0.2) is 13.1 Å². The Kier molecular flexibility index (Phi) is 3.11. The largest absolute Gasteiger partial charge is 0.350 e. The number of rotatable bonds is 3. The monoisotopic (exact) mass is 256 g/mol. The summed E-state index contributed by atoms with van der Waals surface area (Å²) in [5.41, 5.74) is 4.85. The predicted molar refractivity (Wildman–Crippen MR) is 57.4 cm³/mol. The normalized spacial score (nSPS) is 32.5. The van der Waals surface area contributed by atoms with Crippen molar-refractivity contribution in [2.45, 2.75) is 45.5 Å². The summed E-state index contributed by atoms with van der Waals surface area (Å²) in [6.45, 7) is 7.06. The molecule has 0 radical (unpaired) electrons. The molecule has 3 N–H and O–H groups in total. The molecule has 0 amide bonds. The molecule has 0 unspecified atom stereocenters. The first-order valence-corrected chi connectivity index (χ1v) is 6.53. The molecule has 1 aliphatic rings. The average molecular weight is 256 g/mol. The molecule has 96 valence electrons. The van der Waals surface area contributed by atoms with Crippen molar-refractivity contribution < 1.29 is 17.2 Å². The lowest BCUT2D eigenvalue weighted by Gasteiger charge is -2.62. The van der Waals surface area contributed by atoms with Gasteiger partial charge in [-0.05, 0) is 10.8 Å². The molecule has 1 saturated carbocycles. The molecule has 0 heterocycles. The molecule has 1 rings (SSSR count). The van der Waals surface area contributed by atoms with Crippen molar-refractivity contribution in [3.63, 3.8) is 0 Å². The van der Waals surface area contributed by atoms with Gasteiger partial charge in [-0.3, -0.25) is 0 Å². The van der Waals surface area contributed by atoms with E-state index in [0.29, 0.717) is 0 Å². The van der Waals surface area contributed by atoms with Crippen LogP contribution in [0.5, 0.6) is 0 Å². The molecule has 1 aliphatic carbocycles. The van der Waals surface area contributed by atoms with Gasteiger partial charge in [0.05, 0.1) is 0 Å². The summed E-state index contributed by atoms with van der Waals surface area (Å²) in [7, 11) is -4.56. The van der Waals surface area contributed by atoms with Gasteiger partial charge < -0.3 is 5.73 Å². The summed E-state index contributed by atoms with van der Waals surface area (Å²) in [6.07, 6.45) is 0. The lowest BCUT2D eigenvalue weighted by molar-refractivity contribution is -0.0600. The molecule has 7 heteroatoms. The van der Waals surface area contributed by atoms with Crippen molar-refractivity contribution in [2.24, 2.45) is 16.6 Å². The Morgan fingerprint density at radius 2 is 1.56 bits per heavy atom. The highest BCUT2D eigenvalue weighted by Crippen LogP contribution is 2.52. The third-order valence-corrected chi connectivity index (χ3v) is 4.64. The van der Waals surface area contributed by atoms with Crippen molar-refractivity contribution in [3.8, 4) is 0 Å².